The maximum absolute atomic E-state index is 12.5. The highest BCUT2D eigenvalue weighted by Gasteiger charge is 2.26. The first-order valence-corrected chi connectivity index (χ1v) is 8.06. The summed E-state index contributed by atoms with van der Waals surface area (Å²) in [7, 11) is 1.92. The van der Waals surface area contributed by atoms with Crippen molar-refractivity contribution in [2.24, 2.45) is 0 Å². The number of piperidine rings is 1. The van der Waals surface area contributed by atoms with Gasteiger partial charge in [0.2, 0.25) is 0 Å². The average molecular weight is 362 g/mol. The molecule has 1 aliphatic heterocycles. The highest BCUT2D eigenvalue weighted by molar-refractivity contribution is 7.19. The molecule has 1 unspecified atom stereocenters. The molecule has 0 aliphatic carbocycles. The van der Waals surface area contributed by atoms with Crippen molar-refractivity contribution in [2.75, 3.05) is 20.1 Å². The Labute approximate surface area is 144 Å². The lowest BCUT2D eigenvalue weighted by molar-refractivity contribution is 0.0688. The van der Waals surface area contributed by atoms with Crippen LogP contribution in [0.25, 0.3) is 10.6 Å². The van der Waals surface area contributed by atoms with Gasteiger partial charge in [-0.3, -0.25) is 4.79 Å². The van der Waals surface area contributed by atoms with Gasteiger partial charge in [-0.25, -0.2) is 0 Å². The number of aromatic nitrogens is 1. The van der Waals surface area contributed by atoms with Crippen molar-refractivity contribution < 1.29 is 9.32 Å². The molecule has 3 heterocycles. The van der Waals surface area contributed by atoms with E-state index in [2.05, 4.69) is 10.5 Å². The van der Waals surface area contributed by atoms with Crippen LogP contribution < -0.4 is 5.32 Å². The minimum Gasteiger partial charge on any atom is -0.355 e. The van der Waals surface area contributed by atoms with Crippen LogP contribution >= 0.6 is 35.3 Å². The number of hydrogen-bond acceptors (Lipinski definition) is 5. The number of carbonyl (C=O) groups is 1. The Morgan fingerprint density at radius 1 is 1.55 bits per heavy atom. The van der Waals surface area contributed by atoms with E-state index in [0.717, 1.165) is 24.3 Å². The highest BCUT2D eigenvalue weighted by Crippen LogP contribution is 2.31. The Morgan fingerprint density at radius 3 is 3.05 bits per heavy atom. The van der Waals surface area contributed by atoms with Crippen LogP contribution in [0.1, 0.15) is 23.3 Å². The van der Waals surface area contributed by atoms with Gasteiger partial charge in [0.1, 0.15) is 0 Å². The molecule has 1 aliphatic rings. The smallest absolute Gasteiger partial charge is 0.276 e. The lowest BCUT2D eigenvalue weighted by atomic mass is 10.1. The zero-order chi connectivity index (χ0) is 14.8. The fourth-order valence-electron chi connectivity index (χ4n) is 2.50. The van der Waals surface area contributed by atoms with Crippen LogP contribution in [0.3, 0.4) is 0 Å². The molecule has 0 saturated carbocycles. The summed E-state index contributed by atoms with van der Waals surface area (Å²) in [5.41, 5.74) is 0.353. The van der Waals surface area contributed by atoms with E-state index in [1.165, 1.54) is 11.3 Å². The average Bonchev–Trinajstić information content (AvgIpc) is 3.15. The molecular formula is C14H17Cl2N3O2S. The molecule has 1 N–H and O–H groups in total. The second-order valence-corrected chi connectivity index (χ2v) is 6.77. The number of likely N-dealkylation sites (tertiary alicyclic amines) is 1. The Hall–Kier alpha value is -1.08. The number of thiophene rings is 1. The summed E-state index contributed by atoms with van der Waals surface area (Å²) in [6.45, 7) is 1.48. The van der Waals surface area contributed by atoms with E-state index in [1.54, 1.807) is 12.1 Å². The molecule has 0 radical (unpaired) electrons. The third kappa shape index (κ3) is 3.63. The Kier molecular flexibility index (Phi) is 5.86. The molecule has 1 saturated heterocycles. The van der Waals surface area contributed by atoms with Crippen LogP contribution in [-0.4, -0.2) is 42.1 Å². The number of rotatable bonds is 3. The summed E-state index contributed by atoms with van der Waals surface area (Å²) in [5, 5.41) is 7.13. The van der Waals surface area contributed by atoms with Gasteiger partial charge in [-0.15, -0.1) is 23.7 Å². The normalized spacial score (nSPS) is 18.1. The fraction of sp³-hybridized carbons (Fsp3) is 0.429. The third-order valence-corrected chi connectivity index (χ3v) is 4.91. The molecule has 3 rings (SSSR count). The van der Waals surface area contributed by atoms with Crippen molar-refractivity contribution in [3.8, 4) is 10.6 Å². The number of likely N-dealkylation sites (N-methyl/N-ethyl adjacent to an activating group) is 1. The summed E-state index contributed by atoms with van der Waals surface area (Å²) >= 11 is 7.31. The molecule has 0 bridgehead atoms. The quantitative estimate of drug-likeness (QED) is 0.910. The summed E-state index contributed by atoms with van der Waals surface area (Å²) in [6, 6.07) is 5.70. The minimum absolute atomic E-state index is 0. The number of nitrogens with zero attached hydrogens (tertiary/aromatic N) is 2. The fourth-order valence-corrected chi connectivity index (χ4v) is 3.49. The van der Waals surface area contributed by atoms with Gasteiger partial charge in [-0.2, -0.15) is 0 Å². The monoisotopic (exact) mass is 361 g/mol. The van der Waals surface area contributed by atoms with E-state index in [0.29, 0.717) is 28.4 Å². The largest absolute Gasteiger partial charge is 0.355 e. The van der Waals surface area contributed by atoms with Crippen LogP contribution in [-0.2, 0) is 0 Å². The van der Waals surface area contributed by atoms with E-state index in [4.69, 9.17) is 16.1 Å². The van der Waals surface area contributed by atoms with Crippen molar-refractivity contribution in [3.63, 3.8) is 0 Å². The number of nitrogens with one attached hydrogen (secondary N) is 1. The number of hydrogen-bond donors (Lipinski definition) is 1. The summed E-state index contributed by atoms with van der Waals surface area (Å²) < 4.78 is 5.95. The van der Waals surface area contributed by atoms with Gasteiger partial charge >= 0.3 is 0 Å². The first kappa shape index (κ1) is 17.3. The lowest BCUT2D eigenvalue weighted by Gasteiger charge is -2.31. The van der Waals surface area contributed by atoms with Gasteiger partial charge in [0.15, 0.2) is 11.5 Å². The number of halogens is 2. The van der Waals surface area contributed by atoms with Crippen molar-refractivity contribution in [2.45, 2.75) is 18.9 Å². The zero-order valence-electron chi connectivity index (χ0n) is 12.0. The van der Waals surface area contributed by atoms with Crippen LogP contribution in [0.2, 0.25) is 4.34 Å². The first-order valence-electron chi connectivity index (χ1n) is 6.86. The topological polar surface area (TPSA) is 58.4 Å². The molecule has 1 atom stereocenters. The summed E-state index contributed by atoms with van der Waals surface area (Å²) in [5.74, 6) is 0.505. The van der Waals surface area contributed by atoms with Crippen molar-refractivity contribution in [3.05, 3.63) is 28.2 Å². The first-order chi connectivity index (χ1) is 10.2. The zero-order valence-corrected chi connectivity index (χ0v) is 14.4. The van der Waals surface area contributed by atoms with Crippen molar-refractivity contribution in [1.29, 1.82) is 0 Å². The predicted molar refractivity (Wildman–Crippen MR) is 90.1 cm³/mol. The van der Waals surface area contributed by atoms with Gasteiger partial charge in [-0.1, -0.05) is 16.8 Å². The van der Waals surface area contributed by atoms with Crippen LogP contribution in [0.4, 0.5) is 0 Å². The van der Waals surface area contributed by atoms with Crippen LogP contribution in [0.5, 0.6) is 0 Å². The third-order valence-electron chi connectivity index (χ3n) is 3.66. The Bertz CT molecular complexity index is 644. The molecule has 1 amide bonds. The number of carbonyl (C=O) groups excluding carboxylic acids is 1. The second kappa shape index (κ2) is 7.46. The van der Waals surface area contributed by atoms with Gasteiger partial charge in [-0.05, 0) is 32.0 Å². The standard InChI is InChI=1S/C14H16ClN3O2S.ClH/c1-16-9-3-2-6-18(8-9)14(19)10-7-11(20-17-10)12-4-5-13(15)21-12;/h4-5,7,9,16H,2-3,6,8H2,1H3;1H. The summed E-state index contributed by atoms with van der Waals surface area (Å²) in [6.07, 6.45) is 2.10. The molecule has 8 heteroatoms. The van der Waals surface area contributed by atoms with E-state index < -0.39 is 0 Å². The molecule has 2 aromatic heterocycles. The molecular weight excluding hydrogens is 345 g/mol. The van der Waals surface area contributed by atoms with Gasteiger partial charge < -0.3 is 14.7 Å². The van der Waals surface area contributed by atoms with Crippen LogP contribution in [0, 0.1) is 0 Å². The SMILES string of the molecule is CNC1CCCN(C(=O)c2cc(-c3ccc(Cl)s3)on2)C1.Cl. The Morgan fingerprint density at radius 2 is 2.36 bits per heavy atom. The summed E-state index contributed by atoms with van der Waals surface area (Å²) in [4.78, 5) is 15.2. The van der Waals surface area contributed by atoms with Gasteiger partial charge in [0.25, 0.3) is 5.91 Å². The lowest BCUT2D eigenvalue weighted by Crippen LogP contribution is -2.47. The van der Waals surface area contributed by atoms with Gasteiger partial charge in [0.05, 0.1) is 9.21 Å². The van der Waals surface area contributed by atoms with E-state index in [1.807, 2.05) is 18.0 Å². The van der Waals surface area contributed by atoms with E-state index in [-0.39, 0.29) is 18.3 Å². The predicted octanol–water partition coefficient (Wildman–Crippen LogP) is 3.30. The molecule has 120 valence electrons. The highest BCUT2D eigenvalue weighted by atomic mass is 35.5. The van der Waals surface area contributed by atoms with Crippen molar-refractivity contribution >= 4 is 41.3 Å². The second-order valence-electron chi connectivity index (χ2n) is 5.06. The minimum atomic E-state index is -0.0763. The molecule has 0 aromatic carbocycles. The molecule has 0 spiro atoms. The van der Waals surface area contributed by atoms with E-state index in [9.17, 15) is 4.79 Å². The number of amides is 1. The maximum atomic E-state index is 12.5. The van der Waals surface area contributed by atoms with Crippen molar-refractivity contribution in [1.82, 2.24) is 15.4 Å². The maximum Gasteiger partial charge on any atom is 0.276 e. The molecule has 22 heavy (non-hydrogen) atoms. The van der Waals surface area contributed by atoms with Gasteiger partial charge in [0, 0.05) is 25.2 Å². The van der Waals surface area contributed by atoms with Crippen LogP contribution in [0.15, 0.2) is 22.7 Å². The Balaban J connectivity index is 0.00000176. The molecule has 2 aromatic rings. The molecule has 1 fully saturated rings. The molecule has 5 nitrogen and oxygen atoms in total. The van der Waals surface area contributed by atoms with E-state index >= 15 is 0 Å².